The number of nitrogen functional groups attached to an aromatic ring is 1. The summed E-state index contributed by atoms with van der Waals surface area (Å²) in [5, 5.41) is 7.41. The largest absolute Gasteiger partial charge is 0.382 e. The second kappa shape index (κ2) is 3.61. The summed E-state index contributed by atoms with van der Waals surface area (Å²) in [7, 11) is 0. The summed E-state index contributed by atoms with van der Waals surface area (Å²) in [5.74, 6) is 3.22. The van der Waals surface area contributed by atoms with Crippen molar-refractivity contribution in [1.82, 2.24) is 10.2 Å². The van der Waals surface area contributed by atoms with Gasteiger partial charge in [-0.25, -0.2) is 0 Å². The Kier molecular flexibility index (Phi) is 2.04. The van der Waals surface area contributed by atoms with E-state index >= 15 is 0 Å². The lowest BCUT2D eigenvalue weighted by atomic mass is 9.93. The lowest BCUT2D eigenvalue weighted by molar-refractivity contribution is 0.607. The Labute approximate surface area is 106 Å². The number of hydrogen-bond donors (Lipinski definition) is 2. The van der Waals surface area contributed by atoms with E-state index in [1.165, 1.54) is 30.5 Å². The van der Waals surface area contributed by atoms with Gasteiger partial charge in [0.2, 0.25) is 0 Å². The highest BCUT2D eigenvalue weighted by Gasteiger charge is 2.47. The van der Waals surface area contributed by atoms with Crippen LogP contribution in [0.4, 0.5) is 5.82 Å². The highest BCUT2D eigenvalue weighted by Crippen LogP contribution is 2.58. The van der Waals surface area contributed by atoms with E-state index in [4.69, 9.17) is 5.73 Å². The molecule has 2 atom stereocenters. The fourth-order valence-corrected chi connectivity index (χ4v) is 3.52. The summed E-state index contributed by atoms with van der Waals surface area (Å²) in [6.07, 6.45) is 4.07. The first-order valence-corrected chi connectivity index (χ1v) is 6.72. The van der Waals surface area contributed by atoms with Gasteiger partial charge in [-0.1, -0.05) is 30.3 Å². The van der Waals surface area contributed by atoms with Crippen LogP contribution in [0.15, 0.2) is 30.3 Å². The van der Waals surface area contributed by atoms with Gasteiger partial charge in [0.1, 0.15) is 0 Å². The van der Waals surface area contributed by atoms with Gasteiger partial charge in [-0.05, 0) is 36.7 Å². The van der Waals surface area contributed by atoms with E-state index in [1.807, 2.05) is 6.07 Å². The van der Waals surface area contributed by atoms with Crippen molar-refractivity contribution in [2.75, 3.05) is 5.73 Å². The Hall–Kier alpha value is -1.77. The van der Waals surface area contributed by atoms with Crippen LogP contribution in [0.2, 0.25) is 0 Å². The summed E-state index contributed by atoms with van der Waals surface area (Å²) in [6, 6.07) is 10.4. The lowest BCUT2D eigenvalue weighted by Gasteiger charge is -2.12. The molecule has 1 aromatic carbocycles. The number of rotatable bonds is 2. The summed E-state index contributed by atoms with van der Waals surface area (Å²) < 4.78 is 0. The van der Waals surface area contributed by atoms with Crippen molar-refractivity contribution in [2.24, 2.45) is 11.8 Å². The Morgan fingerprint density at radius 2 is 1.78 bits per heavy atom. The molecule has 2 aliphatic rings. The summed E-state index contributed by atoms with van der Waals surface area (Å²) >= 11 is 0. The average Bonchev–Trinajstić information content (AvgIpc) is 2.85. The van der Waals surface area contributed by atoms with Crippen LogP contribution in [0.5, 0.6) is 0 Å². The van der Waals surface area contributed by atoms with Crippen LogP contribution in [-0.2, 0) is 0 Å². The highest BCUT2D eigenvalue weighted by atomic mass is 15.2. The number of hydrogen-bond acceptors (Lipinski definition) is 2. The van der Waals surface area contributed by atoms with Crippen LogP contribution in [0, 0.1) is 11.8 Å². The van der Waals surface area contributed by atoms with Gasteiger partial charge in [-0.2, -0.15) is 5.10 Å². The molecule has 3 heteroatoms. The smallest absolute Gasteiger partial charge is 0.153 e. The Bertz CT molecular complexity index is 563. The second-order valence-corrected chi connectivity index (χ2v) is 5.69. The summed E-state index contributed by atoms with van der Waals surface area (Å²) in [5.41, 5.74) is 9.61. The van der Waals surface area contributed by atoms with Gasteiger partial charge in [-0.3, -0.25) is 5.10 Å². The van der Waals surface area contributed by atoms with Gasteiger partial charge in [-0.15, -0.1) is 0 Å². The molecule has 3 nitrogen and oxygen atoms in total. The maximum Gasteiger partial charge on any atom is 0.153 e. The van der Waals surface area contributed by atoms with Crippen molar-refractivity contribution in [3.8, 4) is 11.1 Å². The minimum Gasteiger partial charge on any atom is -0.382 e. The fraction of sp³-hybridized carbons (Fsp3) is 0.400. The molecule has 2 unspecified atom stereocenters. The standard InChI is InChI=1S/C15H17N3/c16-15-13(9-4-2-1-3-5-9)14(17-18-15)12-7-10-6-11(10)8-12/h1-5,10-12H,6-8H2,(H3,16,17,18). The van der Waals surface area contributed by atoms with E-state index in [2.05, 4.69) is 34.5 Å². The van der Waals surface area contributed by atoms with Gasteiger partial charge in [0.05, 0.1) is 0 Å². The molecular weight excluding hydrogens is 222 g/mol. The highest BCUT2D eigenvalue weighted by molar-refractivity contribution is 5.76. The van der Waals surface area contributed by atoms with Crippen LogP contribution >= 0.6 is 0 Å². The molecule has 92 valence electrons. The maximum atomic E-state index is 6.04. The summed E-state index contributed by atoms with van der Waals surface area (Å²) in [6.45, 7) is 0. The van der Waals surface area contributed by atoms with Crippen molar-refractivity contribution < 1.29 is 0 Å². The van der Waals surface area contributed by atoms with Crippen LogP contribution in [0.1, 0.15) is 30.9 Å². The Balaban J connectivity index is 1.76. The van der Waals surface area contributed by atoms with E-state index in [1.54, 1.807) is 0 Å². The number of nitrogens with one attached hydrogen (secondary N) is 1. The van der Waals surface area contributed by atoms with Crippen molar-refractivity contribution in [1.29, 1.82) is 0 Å². The molecule has 0 aliphatic heterocycles. The molecule has 1 aromatic heterocycles. The molecule has 0 spiro atoms. The minimum atomic E-state index is 0.633. The molecule has 0 radical (unpaired) electrons. The van der Waals surface area contributed by atoms with Crippen molar-refractivity contribution >= 4 is 5.82 Å². The maximum absolute atomic E-state index is 6.04. The quantitative estimate of drug-likeness (QED) is 0.845. The second-order valence-electron chi connectivity index (χ2n) is 5.69. The molecular formula is C15H17N3. The molecule has 2 saturated carbocycles. The molecule has 18 heavy (non-hydrogen) atoms. The molecule has 3 N–H and O–H groups in total. The van der Waals surface area contributed by atoms with Gasteiger partial charge in [0.25, 0.3) is 0 Å². The Morgan fingerprint density at radius 3 is 2.50 bits per heavy atom. The number of aromatic nitrogens is 2. The number of benzene rings is 1. The molecule has 2 aliphatic carbocycles. The van der Waals surface area contributed by atoms with E-state index in [9.17, 15) is 0 Å². The molecule has 2 fully saturated rings. The van der Waals surface area contributed by atoms with Crippen LogP contribution in [0.3, 0.4) is 0 Å². The Morgan fingerprint density at radius 1 is 1.06 bits per heavy atom. The average molecular weight is 239 g/mol. The van der Waals surface area contributed by atoms with Crippen molar-refractivity contribution in [3.63, 3.8) is 0 Å². The first-order valence-electron chi connectivity index (χ1n) is 6.72. The van der Waals surface area contributed by atoms with Gasteiger partial charge in [0, 0.05) is 17.2 Å². The third-order valence-electron chi connectivity index (χ3n) is 4.54. The van der Waals surface area contributed by atoms with Crippen LogP contribution in [0.25, 0.3) is 11.1 Å². The fourth-order valence-electron chi connectivity index (χ4n) is 3.52. The number of nitrogens with zero attached hydrogens (tertiary/aromatic N) is 1. The van der Waals surface area contributed by atoms with E-state index in [0.29, 0.717) is 11.7 Å². The first-order chi connectivity index (χ1) is 8.83. The lowest BCUT2D eigenvalue weighted by Crippen LogP contribution is -1.99. The zero-order valence-corrected chi connectivity index (χ0v) is 10.3. The van der Waals surface area contributed by atoms with Crippen LogP contribution < -0.4 is 5.73 Å². The minimum absolute atomic E-state index is 0.633. The predicted octanol–water partition coefficient (Wildman–Crippen LogP) is 3.17. The van der Waals surface area contributed by atoms with Gasteiger partial charge < -0.3 is 5.73 Å². The van der Waals surface area contributed by atoms with Crippen LogP contribution in [-0.4, -0.2) is 10.2 Å². The van der Waals surface area contributed by atoms with E-state index in [-0.39, 0.29) is 0 Å². The van der Waals surface area contributed by atoms with Crippen molar-refractivity contribution in [2.45, 2.75) is 25.2 Å². The van der Waals surface area contributed by atoms with Gasteiger partial charge in [0.15, 0.2) is 5.82 Å². The molecule has 0 amide bonds. The number of anilines is 1. The zero-order valence-electron chi connectivity index (χ0n) is 10.3. The first kappa shape index (κ1) is 10.2. The molecule has 4 rings (SSSR count). The predicted molar refractivity (Wildman–Crippen MR) is 72.0 cm³/mol. The molecule has 0 saturated heterocycles. The van der Waals surface area contributed by atoms with Gasteiger partial charge >= 0.3 is 0 Å². The normalized spacial score (nSPS) is 29.2. The topological polar surface area (TPSA) is 54.7 Å². The van der Waals surface area contributed by atoms with E-state index in [0.717, 1.165) is 17.4 Å². The molecule has 0 bridgehead atoms. The monoisotopic (exact) mass is 239 g/mol. The zero-order chi connectivity index (χ0) is 12.1. The molecule has 1 heterocycles. The van der Waals surface area contributed by atoms with E-state index < -0.39 is 0 Å². The third-order valence-corrected chi connectivity index (χ3v) is 4.54. The number of H-pyrrole nitrogens is 1. The third kappa shape index (κ3) is 1.47. The van der Waals surface area contributed by atoms with Crippen molar-refractivity contribution in [3.05, 3.63) is 36.0 Å². The number of nitrogens with two attached hydrogens (primary N) is 1. The number of aromatic amines is 1. The number of fused-ring (bicyclic) bond motifs is 1. The SMILES string of the molecule is Nc1n[nH]c(C2CC3CC3C2)c1-c1ccccc1. The summed E-state index contributed by atoms with van der Waals surface area (Å²) in [4.78, 5) is 0. The molecule has 2 aromatic rings.